The van der Waals surface area contributed by atoms with Gasteiger partial charge >= 0.3 is 0 Å². The van der Waals surface area contributed by atoms with Crippen molar-refractivity contribution in [1.82, 2.24) is 4.90 Å². The summed E-state index contributed by atoms with van der Waals surface area (Å²) in [6.07, 6.45) is 1.48. The summed E-state index contributed by atoms with van der Waals surface area (Å²) in [7, 11) is 1.55. The number of carbonyl (C=O) groups excluding carboxylic acids is 3. The van der Waals surface area contributed by atoms with E-state index in [1.807, 2.05) is 12.1 Å². The topological polar surface area (TPSA) is 105 Å². The Hall–Kier alpha value is -4.11. The molecule has 2 heterocycles. The fourth-order valence-corrected chi connectivity index (χ4v) is 3.84. The van der Waals surface area contributed by atoms with Crippen molar-refractivity contribution in [2.24, 2.45) is 0 Å². The molecule has 0 saturated carbocycles. The van der Waals surface area contributed by atoms with Crippen LogP contribution in [0.4, 0.5) is 11.4 Å². The zero-order valence-electron chi connectivity index (χ0n) is 18.9. The molecule has 9 heteroatoms. The van der Waals surface area contributed by atoms with E-state index in [0.29, 0.717) is 61.2 Å². The predicted octanol–water partition coefficient (Wildman–Crippen LogP) is 1.52. The van der Waals surface area contributed by atoms with E-state index in [9.17, 15) is 14.4 Å². The Kier molecular flexibility index (Phi) is 7.24. The largest absolute Gasteiger partial charge is 0.495 e. The van der Waals surface area contributed by atoms with Gasteiger partial charge in [0.25, 0.3) is 17.7 Å². The minimum absolute atomic E-state index is 0.118. The lowest BCUT2D eigenvalue weighted by molar-refractivity contribution is -0.895. The maximum Gasteiger partial charge on any atom is 0.289 e. The number of ether oxygens (including phenoxy) is 1. The van der Waals surface area contributed by atoms with Crippen LogP contribution in [0.5, 0.6) is 5.75 Å². The fraction of sp³-hybridized carbons (Fsp3) is 0.240. The van der Waals surface area contributed by atoms with Crippen LogP contribution >= 0.6 is 0 Å². The number of hydrogen-bond acceptors (Lipinski definition) is 5. The van der Waals surface area contributed by atoms with Gasteiger partial charge in [0.2, 0.25) is 0 Å². The van der Waals surface area contributed by atoms with Gasteiger partial charge in [0.15, 0.2) is 12.3 Å². The highest BCUT2D eigenvalue weighted by Gasteiger charge is 2.27. The highest BCUT2D eigenvalue weighted by Crippen LogP contribution is 2.23. The van der Waals surface area contributed by atoms with E-state index in [1.54, 1.807) is 60.5 Å². The van der Waals surface area contributed by atoms with Gasteiger partial charge < -0.3 is 29.6 Å². The highest BCUT2D eigenvalue weighted by molar-refractivity contribution is 6.05. The summed E-state index contributed by atoms with van der Waals surface area (Å²) in [4.78, 5) is 40.2. The van der Waals surface area contributed by atoms with E-state index in [-0.39, 0.29) is 17.7 Å². The quantitative estimate of drug-likeness (QED) is 0.493. The predicted molar refractivity (Wildman–Crippen MR) is 126 cm³/mol. The van der Waals surface area contributed by atoms with Crippen LogP contribution in [0.1, 0.15) is 20.9 Å². The number of furan rings is 1. The molecular formula is C25H27N4O5+. The molecular weight excluding hydrogens is 436 g/mol. The first-order chi connectivity index (χ1) is 16.5. The summed E-state index contributed by atoms with van der Waals surface area (Å²) in [6.45, 7) is 2.80. The van der Waals surface area contributed by atoms with Crippen molar-refractivity contribution in [3.63, 3.8) is 0 Å². The van der Waals surface area contributed by atoms with Crippen molar-refractivity contribution in [2.75, 3.05) is 50.5 Å². The first-order valence-corrected chi connectivity index (χ1v) is 11.0. The second-order valence-electron chi connectivity index (χ2n) is 7.98. The number of anilines is 2. The van der Waals surface area contributed by atoms with Gasteiger partial charge in [-0.3, -0.25) is 14.4 Å². The maximum absolute atomic E-state index is 12.5. The third kappa shape index (κ3) is 5.62. The Morgan fingerprint density at radius 3 is 2.38 bits per heavy atom. The summed E-state index contributed by atoms with van der Waals surface area (Å²) >= 11 is 0. The molecule has 34 heavy (non-hydrogen) atoms. The first-order valence-electron chi connectivity index (χ1n) is 11.0. The number of amides is 3. The van der Waals surface area contributed by atoms with Crippen LogP contribution in [0.25, 0.3) is 0 Å². The highest BCUT2D eigenvalue weighted by atomic mass is 16.5. The lowest BCUT2D eigenvalue weighted by Crippen LogP contribution is -3.15. The van der Waals surface area contributed by atoms with Crippen molar-refractivity contribution < 1.29 is 28.4 Å². The smallest absolute Gasteiger partial charge is 0.289 e. The average Bonchev–Trinajstić information content (AvgIpc) is 3.40. The summed E-state index contributed by atoms with van der Waals surface area (Å²) in [5.74, 6) is 0.402. The SMILES string of the molecule is COc1ccccc1NC(=O)c1ccc(NC(=O)C[NH+]2CCN(C(=O)c3ccco3)CC2)cc1. The Balaban J connectivity index is 1.25. The van der Waals surface area contributed by atoms with Crippen LogP contribution in [-0.2, 0) is 4.79 Å². The molecule has 9 nitrogen and oxygen atoms in total. The van der Waals surface area contributed by atoms with Gasteiger partial charge in [-0.25, -0.2) is 0 Å². The first kappa shape index (κ1) is 23.1. The van der Waals surface area contributed by atoms with Crippen molar-refractivity contribution >= 4 is 29.1 Å². The van der Waals surface area contributed by atoms with E-state index in [2.05, 4.69) is 10.6 Å². The Bertz CT molecular complexity index is 1140. The zero-order valence-corrected chi connectivity index (χ0v) is 18.9. The fourth-order valence-electron chi connectivity index (χ4n) is 3.84. The number of hydrogen-bond donors (Lipinski definition) is 3. The lowest BCUT2D eigenvalue weighted by Gasteiger charge is -2.31. The van der Waals surface area contributed by atoms with Gasteiger partial charge in [-0.15, -0.1) is 0 Å². The molecule has 4 rings (SSSR count). The van der Waals surface area contributed by atoms with Crippen LogP contribution < -0.4 is 20.3 Å². The number of nitrogens with one attached hydrogen (secondary N) is 3. The minimum Gasteiger partial charge on any atom is -0.495 e. The molecule has 0 unspecified atom stereocenters. The van der Waals surface area contributed by atoms with Crippen LogP contribution in [0.3, 0.4) is 0 Å². The van der Waals surface area contributed by atoms with E-state index in [0.717, 1.165) is 4.90 Å². The number of methoxy groups -OCH3 is 1. The van der Waals surface area contributed by atoms with Crippen LogP contribution in [0.2, 0.25) is 0 Å². The number of benzene rings is 2. The van der Waals surface area contributed by atoms with E-state index in [1.165, 1.54) is 6.26 Å². The van der Waals surface area contributed by atoms with Gasteiger partial charge in [0, 0.05) is 11.3 Å². The van der Waals surface area contributed by atoms with Crippen LogP contribution in [-0.4, -0.2) is 62.5 Å². The number of nitrogens with zero attached hydrogens (tertiary/aromatic N) is 1. The van der Waals surface area contributed by atoms with Gasteiger partial charge in [-0.1, -0.05) is 12.1 Å². The number of carbonyl (C=O) groups is 3. The van der Waals surface area contributed by atoms with E-state index in [4.69, 9.17) is 9.15 Å². The summed E-state index contributed by atoms with van der Waals surface area (Å²) in [6, 6.07) is 17.2. The molecule has 1 aliphatic rings. The number of rotatable bonds is 7. The van der Waals surface area contributed by atoms with Gasteiger partial charge in [0.05, 0.1) is 45.2 Å². The average molecular weight is 464 g/mol. The summed E-state index contributed by atoms with van der Waals surface area (Å²) in [5, 5.41) is 5.70. The lowest BCUT2D eigenvalue weighted by atomic mass is 10.2. The molecule has 0 radical (unpaired) electrons. The maximum atomic E-state index is 12.5. The second kappa shape index (κ2) is 10.7. The van der Waals surface area contributed by atoms with Gasteiger partial charge in [-0.2, -0.15) is 0 Å². The molecule has 1 aliphatic heterocycles. The molecule has 2 aromatic carbocycles. The molecule has 1 aromatic heterocycles. The number of quaternary nitrogens is 1. The zero-order chi connectivity index (χ0) is 23.9. The molecule has 3 aromatic rings. The molecule has 3 N–H and O–H groups in total. The van der Waals surface area contributed by atoms with Crippen LogP contribution in [0.15, 0.2) is 71.3 Å². The van der Waals surface area contributed by atoms with Crippen molar-refractivity contribution in [1.29, 1.82) is 0 Å². The monoisotopic (exact) mass is 463 g/mol. The van der Waals surface area contributed by atoms with Gasteiger partial charge in [-0.05, 0) is 48.5 Å². The second-order valence-corrected chi connectivity index (χ2v) is 7.98. The Morgan fingerprint density at radius 1 is 0.971 bits per heavy atom. The molecule has 176 valence electrons. The molecule has 1 fully saturated rings. The molecule has 0 bridgehead atoms. The third-order valence-electron chi connectivity index (χ3n) is 5.69. The molecule has 1 saturated heterocycles. The summed E-state index contributed by atoms with van der Waals surface area (Å²) < 4.78 is 10.4. The number of piperazine rings is 1. The third-order valence-corrected chi connectivity index (χ3v) is 5.69. The molecule has 0 spiro atoms. The van der Waals surface area contributed by atoms with Crippen LogP contribution in [0, 0.1) is 0 Å². The molecule has 3 amide bonds. The van der Waals surface area contributed by atoms with Crippen molar-refractivity contribution in [3.8, 4) is 5.75 Å². The molecule has 0 aliphatic carbocycles. The number of para-hydroxylation sites is 2. The molecule has 0 atom stereocenters. The Morgan fingerprint density at radius 2 is 1.71 bits per heavy atom. The normalized spacial score (nSPS) is 13.9. The Labute approximate surface area is 197 Å². The van der Waals surface area contributed by atoms with Crippen molar-refractivity contribution in [2.45, 2.75) is 0 Å². The standard InChI is InChI=1S/C25H26N4O5/c1-33-21-6-3-2-5-20(21)27-24(31)18-8-10-19(11-9-18)26-23(30)17-28-12-14-29(15-13-28)25(32)22-7-4-16-34-22/h2-11,16H,12-15,17H2,1H3,(H,26,30)(H,27,31)/p+1. The van der Waals surface area contributed by atoms with E-state index < -0.39 is 0 Å². The summed E-state index contributed by atoms with van der Waals surface area (Å²) in [5.41, 5.74) is 1.66. The van der Waals surface area contributed by atoms with Crippen molar-refractivity contribution in [3.05, 3.63) is 78.3 Å². The minimum atomic E-state index is -0.270. The van der Waals surface area contributed by atoms with E-state index >= 15 is 0 Å². The van der Waals surface area contributed by atoms with Gasteiger partial charge in [0.1, 0.15) is 5.75 Å².